The summed E-state index contributed by atoms with van der Waals surface area (Å²) in [5.74, 6) is -1.43. The Morgan fingerprint density at radius 1 is 0.725 bits per heavy atom. The van der Waals surface area contributed by atoms with E-state index in [0.29, 0.717) is 41.8 Å². The normalized spacial score (nSPS) is 10.6. The molecule has 2 N–H and O–H groups in total. The fourth-order valence-electron chi connectivity index (χ4n) is 4.73. The van der Waals surface area contributed by atoms with E-state index in [1.165, 1.54) is 5.56 Å². The smallest absolute Gasteiger partial charge is 0.305 e. The first kappa shape index (κ1) is 28.3. The van der Waals surface area contributed by atoms with Gasteiger partial charge in [0.15, 0.2) is 0 Å². The zero-order chi connectivity index (χ0) is 28.3. The molecule has 204 valence electrons. The Morgan fingerprint density at radius 3 is 2.02 bits per heavy atom. The van der Waals surface area contributed by atoms with Crippen LogP contribution in [0.3, 0.4) is 0 Å². The number of hydrogen-bond donors (Lipinski definition) is 2. The predicted molar refractivity (Wildman–Crippen MR) is 157 cm³/mol. The van der Waals surface area contributed by atoms with Crippen molar-refractivity contribution in [1.29, 1.82) is 0 Å². The molecule has 0 aliphatic rings. The summed E-state index contributed by atoms with van der Waals surface area (Å²) in [6.07, 6.45) is 1.34. The molecule has 0 aromatic heterocycles. The Kier molecular flexibility index (Phi) is 9.83. The van der Waals surface area contributed by atoms with Crippen LogP contribution in [0.25, 0.3) is 11.1 Å². The van der Waals surface area contributed by atoms with Gasteiger partial charge in [-0.25, -0.2) is 0 Å². The average Bonchev–Trinajstić information content (AvgIpc) is 2.98. The van der Waals surface area contributed by atoms with Gasteiger partial charge in [0, 0.05) is 30.8 Å². The molecule has 4 rings (SSSR count). The molecular weight excluding hydrogens is 500 g/mol. The Balaban J connectivity index is 1.57. The van der Waals surface area contributed by atoms with E-state index in [-0.39, 0.29) is 24.8 Å². The summed E-state index contributed by atoms with van der Waals surface area (Å²) in [5.41, 5.74) is 5.49. The lowest BCUT2D eigenvalue weighted by Gasteiger charge is -2.24. The highest BCUT2D eigenvalue weighted by molar-refractivity contribution is 6.06. The summed E-state index contributed by atoms with van der Waals surface area (Å²) in [7, 11) is 0. The second kappa shape index (κ2) is 13.9. The lowest BCUT2D eigenvalue weighted by atomic mass is 9.94. The van der Waals surface area contributed by atoms with E-state index >= 15 is 0 Å². The molecule has 0 saturated carbocycles. The molecule has 0 aliphatic heterocycles. The number of nitrogens with one attached hydrogen (secondary N) is 1. The SMILES string of the molecule is Cc1ccccc1CNC(=O)c1ccccc1-c1ccccc1C(=O)N(CCCc1ccccc1)CCC(=O)O. The van der Waals surface area contributed by atoms with Crippen LogP contribution in [0.1, 0.15) is 50.2 Å². The summed E-state index contributed by atoms with van der Waals surface area (Å²) >= 11 is 0. The number of aryl methyl sites for hydroxylation is 2. The number of nitrogens with zero attached hydrogens (tertiary/aromatic N) is 1. The highest BCUT2D eigenvalue weighted by Gasteiger charge is 2.22. The lowest BCUT2D eigenvalue weighted by Crippen LogP contribution is -2.34. The van der Waals surface area contributed by atoms with Gasteiger partial charge in [-0.3, -0.25) is 14.4 Å². The van der Waals surface area contributed by atoms with Crippen molar-refractivity contribution < 1.29 is 19.5 Å². The molecule has 40 heavy (non-hydrogen) atoms. The van der Waals surface area contributed by atoms with Gasteiger partial charge in [-0.15, -0.1) is 0 Å². The first-order valence-electron chi connectivity index (χ1n) is 13.5. The van der Waals surface area contributed by atoms with Crippen LogP contribution in [0.15, 0.2) is 103 Å². The van der Waals surface area contributed by atoms with E-state index in [2.05, 4.69) is 5.32 Å². The molecular formula is C34H34N2O4. The maximum absolute atomic E-state index is 13.9. The van der Waals surface area contributed by atoms with E-state index < -0.39 is 5.97 Å². The van der Waals surface area contributed by atoms with E-state index in [4.69, 9.17) is 0 Å². The number of rotatable bonds is 12. The van der Waals surface area contributed by atoms with Crippen LogP contribution < -0.4 is 5.32 Å². The summed E-state index contributed by atoms with van der Waals surface area (Å²) in [4.78, 5) is 40.2. The van der Waals surface area contributed by atoms with Crippen LogP contribution in [-0.4, -0.2) is 40.9 Å². The fourth-order valence-corrected chi connectivity index (χ4v) is 4.73. The first-order chi connectivity index (χ1) is 19.4. The predicted octanol–water partition coefficient (Wildman–Crippen LogP) is 6.14. The van der Waals surface area contributed by atoms with Crippen molar-refractivity contribution in [3.05, 3.63) is 131 Å². The number of carbonyl (C=O) groups is 3. The van der Waals surface area contributed by atoms with Gasteiger partial charge in [-0.05, 0) is 59.7 Å². The first-order valence-corrected chi connectivity index (χ1v) is 13.5. The van der Waals surface area contributed by atoms with Crippen molar-refractivity contribution in [2.45, 2.75) is 32.7 Å². The van der Waals surface area contributed by atoms with Crippen LogP contribution in [-0.2, 0) is 17.8 Å². The van der Waals surface area contributed by atoms with Crippen LogP contribution in [0.2, 0.25) is 0 Å². The summed E-state index contributed by atoms with van der Waals surface area (Å²) < 4.78 is 0. The molecule has 0 bridgehead atoms. The van der Waals surface area contributed by atoms with E-state index in [1.807, 2.05) is 85.8 Å². The van der Waals surface area contributed by atoms with Gasteiger partial charge in [0.25, 0.3) is 11.8 Å². The summed E-state index contributed by atoms with van der Waals surface area (Å²) in [6.45, 7) is 2.93. The molecule has 6 nitrogen and oxygen atoms in total. The number of carboxylic acid groups (broad SMARTS) is 1. The van der Waals surface area contributed by atoms with Crippen molar-refractivity contribution >= 4 is 17.8 Å². The van der Waals surface area contributed by atoms with E-state index in [0.717, 1.165) is 17.5 Å². The third kappa shape index (κ3) is 7.44. The number of benzene rings is 4. The Morgan fingerprint density at radius 2 is 1.32 bits per heavy atom. The van der Waals surface area contributed by atoms with Crippen LogP contribution >= 0.6 is 0 Å². The number of carbonyl (C=O) groups excluding carboxylic acids is 2. The van der Waals surface area contributed by atoms with Crippen molar-refractivity contribution in [1.82, 2.24) is 10.2 Å². The Bertz CT molecular complexity index is 1470. The van der Waals surface area contributed by atoms with Crippen molar-refractivity contribution in [2.75, 3.05) is 13.1 Å². The number of aliphatic carboxylic acids is 1. The fraction of sp³-hybridized carbons (Fsp3) is 0.206. The molecule has 0 heterocycles. The maximum atomic E-state index is 13.9. The molecule has 6 heteroatoms. The molecule has 0 spiro atoms. The van der Waals surface area contributed by atoms with Gasteiger partial charge in [0.2, 0.25) is 0 Å². The average molecular weight is 535 g/mol. The Hall–Kier alpha value is -4.71. The lowest BCUT2D eigenvalue weighted by molar-refractivity contribution is -0.137. The number of carboxylic acids is 1. The quantitative estimate of drug-likeness (QED) is 0.229. The standard InChI is InChI=1S/C34H34N2O4/c1-25-12-5-6-16-27(25)24-35-33(39)30-19-9-7-17-28(30)29-18-8-10-20-31(29)34(40)36(23-21-32(37)38)22-11-15-26-13-3-2-4-14-26/h2-10,12-14,16-20H,11,15,21-24H2,1H3,(H,35,39)(H,37,38). The molecule has 0 unspecified atom stereocenters. The molecule has 2 amide bonds. The highest BCUT2D eigenvalue weighted by atomic mass is 16.4. The molecule has 0 aliphatic carbocycles. The summed E-state index contributed by atoms with van der Waals surface area (Å²) in [5, 5.41) is 12.3. The van der Waals surface area contributed by atoms with Crippen LogP contribution in [0.5, 0.6) is 0 Å². The minimum absolute atomic E-state index is 0.107. The van der Waals surface area contributed by atoms with Gasteiger partial charge in [-0.2, -0.15) is 0 Å². The molecule has 4 aromatic rings. The molecule has 0 radical (unpaired) electrons. The van der Waals surface area contributed by atoms with Crippen LogP contribution in [0, 0.1) is 6.92 Å². The second-order valence-corrected chi connectivity index (χ2v) is 9.73. The molecule has 0 atom stereocenters. The molecule has 4 aromatic carbocycles. The van der Waals surface area contributed by atoms with Crippen molar-refractivity contribution in [2.24, 2.45) is 0 Å². The largest absolute Gasteiger partial charge is 0.481 e. The van der Waals surface area contributed by atoms with Crippen molar-refractivity contribution in [3.8, 4) is 11.1 Å². The Labute approximate surface area is 235 Å². The van der Waals surface area contributed by atoms with E-state index in [9.17, 15) is 19.5 Å². The van der Waals surface area contributed by atoms with Gasteiger partial charge < -0.3 is 15.3 Å². The van der Waals surface area contributed by atoms with Gasteiger partial charge in [-0.1, -0.05) is 91.0 Å². The van der Waals surface area contributed by atoms with Crippen molar-refractivity contribution in [3.63, 3.8) is 0 Å². The second-order valence-electron chi connectivity index (χ2n) is 9.73. The summed E-state index contributed by atoms with van der Waals surface area (Å²) in [6, 6.07) is 32.4. The maximum Gasteiger partial charge on any atom is 0.305 e. The van der Waals surface area contributed by atoms with E-state index in [1.54, 1.807) is 29.2 Å². The minimum Gasteiger partial charge on any atom is -0.481 e. The zero-order valence-corrected chi connectivity index (χ0v) is 22.7. The number of amides is 2. The third-order valence-corrected chi connectivity index (χ3v) is 6.94. The minimum atomic E-state index is -0.954. The van der Waals surface area contributed by atoms with Crippen LogP contribution in [0.4, 0.5) is 0 Å². The highest BCUT2D eigenvalue weighted by Crippen LogP contribution is 2.28. The monoisotopic (exact) mass is 534 g/mol. The van der Waals surface area contributed by atoms with Gasteiger partial charge >= 0.3 is 5.97 Å². The zero-order valence-electron chi connectivity index (χ0n) is 22.7. The third-order valence-electron chi connectivity index (χ3n) is 6.94. The van der Waals surface area contributed by atoms with Gasteiger partial charge in [0.1, 0.15) is 0 Å². The van der Waals surface area contributed by atoms with Gasteiger partial charge in [0.05, 0.1) is 6.42 Å². The number of hydrogen-bond acceptors (Lipinski definition) is 3. The molecule has 0 saturated heterocycles. The molecule has 0 fully saturated rings. The topological polar surface area (TPSA) is 86.7 Å².